The van der Waals surface area contributed by atoms with Crippen molar-refractivity contribution in [3.63, 3.8) is 0 Å². The largest absolute Gasteiger partial charge is 0.507 e. The van der Waals surface area contributed by atoms with Gasteiger partial charge in [0.15, 0.2) is 4.67 Å². The molecule has 19 heavy (non-hydrogen) atoms. The maximum absolute atomic E-state index is 11.7. The van der Waals surface area contributed by atoms with Gasteiger partial charge in [0, 0.05) is 5.56 Å². The number of phenols is 1. The van der Waals surface area contributed by atoms with E-state index in [0.717, 1.165) is 0 Å². The van der Waals surface area contributed by atoms with Gasteiger partial charge in [-0.1, -0.05) is 0 Å². The van der Waals surface area contributed by atoms with Crippen LogP contribution in [0.1, 0.15) is 16.1 Å². The predicted molar refractivity (Wildman–Crippen MR) is 82.3 cm³/mol. The normalized spacial score (nSPS) is 10.8. The number of halogens is 2. The maximum Gasteiger partial charge on any atom is 0.271 e. The Kier molecular flexibility index (Phi) is 4.59. The van der Waals surface area contributed by atoms with Crippen LogP contribution in [0.3, 0.4) is 0 Å². The number of hydrogen-bond acceptors (Lipinski definition) is 4. The molecule has 0 fully saturated rings. The molecule has 0 bridgehead atoms. The third kappa shape index (κ3) is 3.80. The molecule has 2 rings (SSSR count). The first-order valence-corrected chi connectivity index (χ1v) is 7.00. The zero-order chi connectivity index (χ0) is 13.8. The minimum absolute atomic E-state index is 0.0622. The molecular weight excluding hydrogens is 427 g/mol. The molecule has 0 saturated heterocycles. The van der Waals surface area contributed by atoms with Crippen LogP contribution >= 0.6 is 38.5 Å². The lowest BCUT2D eigenvalue weighted by Gasteiger charge is -2.01. The summed E-state index contributed by atoms with van der Waals surface area (Å²) in [5.41, 5.74) is 2.67. The molecule has 2 N–H and O–H groups in total. The highest BCUT2D eigenvalue weighted by Gasteiger charge is 2.07. The fourth-order valence-electron chi connectivity index (χ4n) is 1.27. The lowest BCUT2D eigenvalue weighted by molar-refractivity contribution is 0.0954. The SMILES string of the molecule is O=C(N/N=C\c1ccc(Br)o1)c1ccc(I)c(O)c1. The molecule has 7 heteroatoms. The second-order valence-electron chi connectivity index (χ2n) is 3.51. The Morgan fingerprint density at radius 1 is 1.42 bits per heavy atom. The Labute approximate surface area is 131 Å². The van der Waals surface area contributed by atoms with Gasteiger partial charge in [-0.3, -0.25) is 4.79 Å². The van der Waals surface area contributed by atoms with E-state index in [1.165, 1.54) is 12.3 Å². The van der Waals surface area contributed by atoms with Crippen LogP contribution in [0, 0.1) is 3.57 Å². The maximum atomic E-state index is 11.7. The van der Waals surface area contributed by atoms with Crippen molar-refractivity contribution < 1.29 is 14.3 Å². The smallest absolute Gasteiger partial charge is 0.271 e. The number of amides is 1. The van der Waals surface area contributed by atoms with E-state index in [1.807, 2.05) is 22.6 Å². The quantitative estimate of drug-likeness (QED) is 0.442. The van der Waals surface area contributed by atoms with Crippen LogP contribution in [-0.2, 0) is 0 Å². The van der Waals surface area contributed by atoms with Gasteiger partial charge in [-0.25, -0.2) is 5.43 Å². The van der Waals surface area contributed by atoms with E-state index < -0.39 is 5.91 Å². The molecule has 0 aliphatic rings. The van der Waals surface area contributed by atoms with Gasteiger partial charge in [0.05, 0.1) is 9.78 Å². The molecule has 0 saturated carbocycles. The summed E-state index contributed by atoms with van der Waals surface area (Å²) in [6, 6.07) is 8.07. The van der Waals surface area contributed by atoms with Crippen LogP contribution in [0.25, 0.3) is 0 Å². The summed E-state index contributed by atoms with van der Waals surface area (Å²) in [6.45, 7) is 0. The molecule has 0 aliphatic heterocycles. The van der Waals surface area contributed by atoms with E-state index in [-0.39, 0.29) is 5.75 Å². The fraction of sp³-hybridized carbons (Fsp3) is 0. The van der Waals surface area contributed by atoms with Crippen molar-refractivity contribution in [2.24, 2.45) is 5.10 Å². The lowest BCUT2D eigenvalue weighted by Crippen LogP contribution is -2.17. The molecule has 1 aromatic heterocycles. The van der Waals surface area contributed by atoms with E-state index in [1.54, 1.807) is 24.3 Å². The number of furan rings is 1. The number of rotatable bonds is 3. The molecule has 0 unspecified atom stereocenters. The zero-order valence-corrected chi connectivity index (χ0v) is 13.2. The molecule has 0 aliphatic carbocycles. The Balaban J connectivity index is 2.01. The molecule has 98 valence electrons. The lowest BCUT2D eigenvalue weighted by atomic mass is 10.2. The van der Waals surface area contributed by atoms with Crippen LogP contribution in [0.2, 0.25) is 0 Å². The number of nitrogens with zero attached hydrogens (tertiary/aromatic N) is 1. The van der Waals surface area contributed by atoms with Crippen molar-refractivity contribution in [2.45, 2.75) is 0 Å². The van der Waals surface area contributed by atoms with Gasteiger partial charge in [0.2, 0.25) is 0 Å². The molecule has 1 amide bonds. The summed E-state index contributed by atoms with van der Waals surface area (Å²) < 4.78 is 6.45. The summed E-state index contributed by atoms with van der Waals surface area (Å²) >= 11 is 5.14. The summed E-state index contributed by atoms with van der Waals surface area (Å²) in [6.07, 6.45) is 1.38. The minimum Gasteiger partial charge on any atom is -0.507 e. The molecule has 2 aromatic rings. The van der Waals surface area contributed by atoms with Crippen molar-refractivity contribution in [2.75, 3.05) is 0 Å². The number of nitrogens with one attached hydrogen (secondary N) is 1. The third-order valence-electron chi connectivity index (χ3n) is 2.16. The van der Waals surface area contributed by atoms with Gasteiger partial charge < -0.3 is 9.52 Å². The van der Waals surface area contributed by atoms with Gasteiger partial charge in [-0.15, -0.1) is 0 Å². The van der Waals surface area contributed by atoms with Crippen molar-refractivity contribution >= 4 is 50.6 Å². The van der Waals surface area contributed by atoms with E-state index in [0.29, 0.717) is 19.6 Å². The molecule has 5 nitrogen and oxygen atoms in total. The number of carbonyl (C=O) groups is 1. The third-order valence-corrected chi connectivity index (χ3v) is 3.50. The molecule has 1 aromatic carbocycles. The van der Waals surface area contributed by atoms with Gasteiger partial charge in [0.1, 0.15) is 11.5 Å². The zero-order valence-electron chi connectivity index (χ0n) is 9.43. The summed E-state index contributed by atoms with van der Waals surface area (Å²) in [4.78, 5) is 11.7. The number of hydrogen-bond donors (Lipinski definition) is 2. The number of hydrazone groups is 1. The predicted octanol–water partition coefficient (Wildman–Crippen LogP) is 3.12. The number of phenolic OH excluding ortho intramolecular Hbond substituents is 1. The Morgan fingerprint density at radius 3 is 2.84 bits per heavy atom. The number of aromatic hydroxyl groups is 1. The van der Waals surface area contributed by atoms with Crippen LogP contribution in [0.15, 0.2) is 44.5 Å². The fourth-order valence-corrected chi connectivity index (χ4v) is 1.93. The van der Waals surface area contributed by atoms with Crippen molar-refractivity contribution in [1.82, 2.24) is 5.43 Å². The molecule has 0 spiro atoms. The topological polar surface area (TPSA) is 74.8 Å². The van der Waals surface area contributed by atoms with Crippen LogP contribution in [0.4, 0.5) is 0 Å². The molecule has 0 atom stereocenters. The second-order valence-corrected chi connectivity index (χ2v) is 5.45. The van der Waals surface area contributed by atoms with Crippen molar-refractivity contribution in [1.29, 1.82) is 0 Å². The van der Waals surface area contributed by atoms with Crippen LogP contribution in [-0.4, -0.2) is 17.2 Å². The molecule has 0 radical (unpaired) electrons. The van der Waals surface area contributed by atoms with E-state index in [2.05, 4.69) is 26.5 Å². The summed E-state index contributed by atoms with van der Waals surface area (Å²) in [5.74, 6) is 0.165. The second kappa shape index (κ2) is 6.20. The summed E-state index contributed by atoms with van der Waals surface area (Å²) in [5, 5.41) is 13.3. The monoisotopic (exact) mass is 434 g/mol. The van der Waals surface area contributed by atoms with E-state index in [9.17, 15) is 9.90 Å². The van der Waals surface area contributed by atoms with Gasteiger partial charge in [-0.2, -0.15) is 5.10 Å². The summed E-state index contributed by atoms with van der Waals surface area (Å²) in [7, 11) is 0. The van der Waals surface area contributed by atoms with E-state index >= 15 is 0 Å². The highest BCUT2D eigenvalue weighted by atomic mass is 127. The number of carbonyl (C=O) groups excluding carboxylic acids is 1. The van der Waals surface area contributed by atoms with Gasteiger partial charge in [-0.05, 0) is 68.9 Å². The first-order chi connectivity index (χ1) is 9.06. The van der Waals surface area contributed by atoms with Crippen LogP contribution < -0.4 is 5.43 Å². The average molecular weight is 435 g/mol. The van der Waals surface area contributed by atoms with Gasteiger partial charge in [0.25, 0.3) is 5.91 Å². The minimum atomic E-state index is -0.409. The van der Waals surface area contributed by atoms with Crippen molar-refractivity contribution in [3.8, 4) is 5.75 Å². The standard InChI is InChI=1S/C12H8BrIN2O3/c13-11-4-2-8(19-11)6-15-16-12(18)7-1-3-9(14)10(17)5-7/h1-6,17H,(H,16,18)/b15-6-. The van der Waals surface area contributed by atoms with E-state index in [4.69, 9.17) is 4.42 Å². The van der Waals surface area contributed by atoms with Crippen LogP contribution in [0.5, 0.6) is 5.75 Å². The van der Waals surface area contributed by atoms with Gasteiger partial charge >= 0.3 is 0 Å². The highest BCUT2D eigenvalue weighted by molar-refractivity contribution is 14.1. The van der Waals surface area contributed by atoms with Crippen molar-refractivity contribution in [3.05, 3.63) is 49.9 Å². The average Bonchev–Trinajstić information content (AvgIpc) is 2.78. The molecule has 1 heterocycles. The Morgan fingerprint density at radius 2 is 2.21 bits per heavy atom. The number of benzene rings is 1. The first-order valence-electron chi connectivity index (χ1n) is 5.13. The first kappa shape index (κ1) is 14.1. The Bertz CT molecular complexity index is 640. The Hall–Kier alpha value is -1.35. The highest BCUT2D eigenvalue weighted by Crippen LogP contribution is 2.20. The molecular formula is C12H8BrIN2O3.